The number of hydrogen-bond donors (Lipinski definition) is 2. The zero-order valence-electron chi connectivity index (χ0n) is 14.1. The number of aromatic hydroxyl groups is 1. The van der Waals surface area contributed by atoms with E-state index in [0.717, 1.165) is 17.1 Å². The molecule has 1 aliphatic heterocycles. The van der Waals surface area contributed by atoms with E-state index in [-0.39, 0.29) is 21.5 Å². The lowest BCUT2D eigenvalue weighted by Crippen LogP contribution is -2.30. The van der Waals surface area contributed by atoms with Crippen molar-refractivity contribution >= 4 is 56.3 Å². The zero-order chi connectivity index (χ0) is 20.6. The first-order chi connectivity index (χ1) is 13.1. The van der Waals surface area contributed by atoms with Gasteiger partial charge in [-0.3, -0.25) is 9.35 Å². The number of nitrogens with zero attached hydrogens (tertiary/aromatic N) is 4. The molecule has 1 aliphatic rings. The molecule has 2 N–H and O–H groups in total. The van der Waals surface area contributed by atoms with Crippen LogP contribution in [0.25, 0.3) is 0 Å². The molecule has 2 aromatic carbocycles. The van der Waals surface area contributed by atoms with Crippen LogP contribution in [0.1, 0.15) is 6.92 Å². The second-order valence-corrected chi connectivity index (χ2v) is 7.94. The molecule has 0 spiro atoms. The van der Waals surface area contributed by atoms with Gasteiger partial charge in [-0.1, -0.05) is 23.2 Å². The number of anilines is 1. The molecule has 3 rings (SSSR count). The monoisotopic (exact) mass is 442 g/mol. The fraction of sp³-hybridized carbons (Fsp3) is 0.125. The Balaban J connectivity index is 1.91. The van der Waals surface area contributed by atoms with E-state index in [1.165, 1.54) is 24.3 Å². The summed E-state index contributed by atoms with van der Waals surface area (Å²) in [6, 6.07) is 6.93. The number of phenols is 1. The van der Waals surface area contributed by atoms with E-state index in [1.807, 2.05) is 0 Å². The maximum atomic E-state index is 12.7. The molecule has 1 heterocycles. The SMILES string of the molecule is CC1=NN(c2cc(Cl)c(S(=O)(=O)O)cc2Cl)C(=O)C1N=Nc1ccc(O)cc1. The number of hydrogen-bond acceptors (Lipinski definition) is 7. The minimum Gasteiger partial charge on any atom is -0.508 e. The second-order valence-electron chi connectivity index (χ2n) is 5.73. The zero-order valence-corrected chi connectivity index (χ0v) is 16.4. The maximum Gasteiger partial charge on any atom is 0.296 e. The molecule has 1 unspecified atom stereocenters. The van der Waals surface area contributed by atoms with Crippen LogP contribution in [0.3, 0.4) is 0 Å². The first kappa shape index (κ1) is 20.2. The van der Waals surface area contributed by atoms with Crippen LogP contribution >= 0.6 is 23.2 Å². The predicted octanol–water partition coefficient (Wildman–Crippen LogP) is 3.82. The molecule has 0 saturated heterocycles. The number of amides is 1. The van der Waals surface area contributed by atoms with Crippen molar-refractivity contribution in [2.45, 2.75) is 17.9 Å². The van der Waals surface area contributed by atoms with E-state index in [0.29, 0.717) is 11.4 Å². The number of azo groups is 1. The highest BCUT2D eigenvalue weighted by Gasteiger charge is 2.36. The summed E-state index contributed by atoms with van der Waals surface area (Å²) in [6.45, 7) is 1.57. The Morgan fingerprint density at radius 2 is 1.79 bits per heavy atom. The quantitative estimate of drug-likeness (QED) is 0.548. The molecule has 0 aliphatic carbocycles. The summed E-state index contributed by atoms with van der Waals surface area (Å²) in [5.41, 5.74) is 0.791. The van der Waals surface area contributed by atoms with Gasteiger partial charge in [0.1, 0.15) is 10.6 Å². The van der Waals surface area contributed by atoms with Crippen LogP contribution in [-0.2, 0) is 14.9 Å². The number of benzene rings is 2. The molecule has 12 heteroatoms. The molecule has 1 amide bonds. The first-order valence-electron chi connectivity index (χ1n) is 7.63. The van der Waals surface area contributed by atoms with E-state index in [4.69, 9.17) is 27.8 Å². The molecule has 0 radical (unpaired) electrons. The molecule has 2 aromatic rings. The van der Waals surface area contributed by atoms with E-state index in [9.17, 15) is 18.3 Å². The van der Waals surface area contributed by atoms with Crippen molar-refractivity contribution < 1.29 is 22.9 Å². The highest BCUT2D eigenvalue weighted by molar-refractivity contribution is 7.86. The first-order valence-corrected chi connectivity index (χ1v) is 9.83. The third kappa shape index (κ3) is 3.99. The third-order valence-corrected chi connectivity index (χ3v) is 5.36. The normalized spacial score (nSPS) is 17.4. The summed E-state index contributed by atoms with van der Waals surface area (Å²) < 4.78 is 31.8. The molecule has 9 nitrogen and oxygen atoms in total. The lowest BCUT2D eigenvalue weighted by atomic mass is 10.2. The topological polar surface area (TPSA) is 132 Å². The molecular weight excluding hydrogens is 431 g/mol. The number of carbonyl (C=O) groups is 1. The molecular formula is C16H12Cl2N4O5S. The molecule has 28 heavy (non-hydrogen) atoms. The van der Waals surface area contributed by atoms with Crippen molar-refractivity contribution in [3.05, 3.63) is 46.4 Å². The van der Waals surface area contributed by atoms with E-state index >= 15 is 0 Å². The van der Waals surface area contributed by atoms with E-state index in [1.54, 1.807) is 6.92 Å². The second kappa shape index (κ2) is 7.47. The van der Waals surface area contributed by atoms with Gasteiger partial charge < -0.3 is 5.11 Å². The highest BCUT2D eigenvalue weighted by Crippen LogP contribution is 2.36. The van der Waals surface area contributed by atoms with Gasteiger partial charge in [0.2, 0.25) is 0 Å². The molecule has 146 valence electrons. The van der Waals surface area contributed by atoms with Crippen molar-refractivity contribution in [3.8, 4) is 5.75 Å². The van der Waals surface area contributed by atoms with Gasteiger partial charge >= 0.3 is 0 Å². The summed E-state index contributed by atoms with van der Waals surface area (Å²) in [5.74, 6) is -0.503. The van der Waals surface area contributed by atoms with Gasteiger partial charge in [-0.25, -0.2) is 0 Å². The summed E-state index contributed by atoms with van der Waals surface area (Å²) in [4.78, 5) is 12.1. The smallest absolute Gasteiger partial charge is 0.296 e. The van der Waals surface area contributed by atoms with E-state index in [2.05, 4.69) is 15.3 Å². The maximum absolute atomic E-state index is 12.7. The molecule has 1 atom stereocenters. The lowest BCUT2D eigenvalue weighted by molar-refractivity contribution is -0.117. The average molecular weight is 443 g/mol. The van der Waals surface area contributed by atoms with Crippen LogP contribution < -0.4 is 5.01 Å². The number of phenolic OH excluding ortho intramolecular Hbond substituents is 1. The summed E-state index contributed by atoms with van der Waals surface area (Å²) in [7, 11) is -4.58. The van der Waals surface area contributed by atoms with Crippen LogP contribution in [0.5, 0.6) is 5.75 Å². The molecule has 0 fully saturated rings. The van der Waals surface area contributed by atoms with Crippen LogP contribution in [0.15, 0.2) is 56.6 Å². The highest BCUT2D eigenvalue weighted by atomic mass is 35.5. The Kier molecular flexibility index (Phi) is 5.39. The summed E-state index contributed by atoms with van der Waals surface area (Å²) in [5, 5.41) is 21.8. The van der Waals surface area contributed by atoms with Crippen LogP contribution in [0.2, 0.25) is 10.0 Å². The Bertz CT molecular complexity index is 1120. The standard InChI is InChI=1S/C16H12Cl2N4O5S/c1-8-15(20-19-9-2-4-10(23)5-3-9)16(24)22(21-8)13-6-12(18)14(7-11(13)17)28(25,26)27/h2-7,15,23H,1H3,(H,25,26,27). The predicted molar refractivity (Wildman–Crippen MR) is 103 cm³/mol. The lowest BCUT2D eigenvalue weighted by Gasteiger charge is -2.15. The van der Waals surface area contributed by atoms with Gasteiger partial charge in [0.25, 0.3) is 16.0 Å². The van der Waals surface area contributed by atoms with Gasteiger partial charge in [-0.15, -0.1) is 0 Å². The Hall–Kier alpha value is -2.53. The Morgan fingerprint density at radius 1 is 1.14 bits per heavy atom. The fourth-order valence-corrected chi connectivity index (χ4v) is 3.71. The molecule has 0 bridgehead atoms. The van der Waals surface area contributed by atoms with Crippen molar-refractivity contribution in [2.24, 2.45) is 15.3 Å². The van der Waals surface area contributed by atoms with Crippen LogP contribution in [0, 0.1) is 0 Å². The minimum absolute atomic E-state index is 0.0331. The average Bonchev–Trinajstić information content (AvgIpc) is 2.89. The molecule has 0 saturated carbocycles. The minimum atomic E-state index is -4.58. The number of rotatable bonds is 4. The van der Waals surface area contributed by atoms with Crippen molar-refractivity contribution in [3.63, 3.8) is 0 Å². The Morgan fingerprint density at radius 3 is 2.39 bits per heavy atom. The van der Waals surface area contributed by atoms with Crippen molar-refractivity contribution in [1.82, 2.24) is 0 Å². The number of halogens is 2. The van der Waals surface area contributed by atoms with Crippen molar-refractivity contribution in [2.75, 3.05) is 5.01 Å². The number of hydrazone groups is 1. The summed E-state index contributed by atoms with van der Waals surface area (Å²) in [6.07, 6.45) is 0. The van der Waals surface area contributed by atoms with Crippen molar-refractivity contribution in [1.29, 1.82) is 0 Å². The van der Waals surface area contributed by atoms with Gasteiger partial charge in [0, 0.05) is 0 Å². The number of carbonyl (C=O) groups excluding carboxylic acids is 1. The van der Waals surface area contributed by atoms with Gasteiger partial charge in [0.05, 0.1) is 27.1 Å². The van der Waals surface area contributed by atoms with Crippen LogP contribution in [-0.4, -0.2) is 35.7 Å². The van der Waals surface area contributed by atoms with E-state index < -0.39 is 27.0 Å². The van der Waals surface area contributed by atoms with Crippen LogP contribution in [0.4, 0.5) is 11.4 Å². The summed E-state index contributed by atoms with van der Waals surface area (Å²) >= 11 is 12.0. The Labute approximate surface area is 169 Å². The largest absolute Gasteiger partial charge is 0.508 e. The van der Waals surface area contributed by atoms with Gasteiger partial charge in [0.15, 0.2) is 6.04 Å². The van der Waals surface area contributed by atoms with Gasteiger partial charge in [-0.2, -0.15) is 28.8 Å². The fourth-order valence-electron chi connectivity index (χ4n) is 2.38. The third-order valence-electron chi connectivity index (χ3n) is 3.74. The molecule has 0 aromatic heterocycles. The van der Waals surface area contributed by atoms with Gasteiger partial charge in [-0.05, 0) is 43.3 Å².